The summed E-state index contributed by atoms with van der Waals surface area (Å²) in [5, 5.41) is 4.40. The summed E-state index contributed by atoms with van der Waals surface area (Å²) in [5.74, 6) is 0.784. The molecule has 1 heterocycles. The summed E-state index contributed by atoms with van der Waals surface area (Å²) < 4.78 is 0. The molecule has 1 aromatic carbocycles. The number of pyridine rings is 1. The third kappa shape index (κ3) is 3.40. The second kappa shape index (κ2) is 5.40. The van der Waals surface area contributed by atoms with Gasteiger partial charge >= 0.3 is 0 Å². The van der Waals surface area contributed by atoms with Crippen molar-refractivity contribution >= 4 is 34.7 Å². The van der Waals surface area contributed by atoms with E-state index in [1.54, 1.807) is 6.20 Å². The fourth-order valence-corrected chi connectivity index (χ4v) is 2.17. The van der Waals surface area contributed by atoms with Crippen LogP contribution in [-0.4, -0.2) is 4.98 Å². The monoisotopic (exact) mass is 294 g/mol. The van der Waals surface area contributed by atoms with Crippen molar-refractivity contribution in [1.29, 1.82) is 0 Å². The van der Waals surface area contributed by atoms with Crippen LogP contribution in [0.2, 0.25) is 10.0 Å². The van der Waals surface area contributed by atoms with Gasteiger partial charge in [0.05, 0.1) is 10.0 Å². The van der Waals surface area contributed by atoms with Gasteiger partial charge in [-0.15, -0.1) is 0 Å². The minimum Gasteiger partial charge on any atom is -0.340 e. The van der Waals surface area contributed by atoms with Crippen LogP contribution < -0.4 is 5.32 Å². The van der Waals surface area contributed by atoms with Crippen LogP contribution in [0.4, 0.5) is 11.5 Å². The van der Waals surface area contributed by atoms with Gasteiger partial charge in [-0.05, 0) is 35.2 Å². The van der Waals surface area contributed by atoms with E-state index >= 15 is 0 Å². The molecular formula is C15H16Cl2N2. The molecule has 0 atom stereocenters. The fourth-order valence-electron chi connectivity index (χ4n) is 1.85. The second-order valence-electron chi connectivity index (χ2n) is 5.40. The third-order valence-electron chi connectivity index (χ3n) is 2.80. The molecule has 2 nitrogen and oxygen atoms in total. The van der Waals surface area contributed by atoms with Crippen LogP contribution in [0.3, 0.4) is 0 Å². The molecule has 0 amide bonds. The van der Waals surface area contributed by atoms with Crippen LogP contribution in [0.1, 0.15) is 26.3 Å². The summed E-state index contributed by atoms with van der Waals surface area (Å²) in [7, 11) is 0. The second-order valence-corrected chi connectivity index (χ2v) is 6.22. The molecule has 0 fully saturated rings. The Morgan fingerprint density at radius 1 is 1.05 bits per heavy atom. The van der Waals surface area contributed by atoms with Crippen molar-refractivity contribution in [2.45, 2.75) is 26.2 Å². The van der Waals surface area contributed by atoms with Crippen LogP contribution in [-0.2, 0) is 5.41 Å². The van der Waals surface area contributed by atoms with Crippen LogP contribution in [0.15, 0.2) is 36.5 Å². The van der Waals surface area contributed by atoms with E-state index in [1.807, 2.05) is 30.3 Å². The molecule has 2 aromatic rings. The van der Waals surface area contributed by atoms with E-state index in [9.17, 15) is 0 Å². The first-order chi connectivity index (χ1) is 8.88. The van der Waals surface area contributed by atoms with Crippen LogP contribution in [0, 0.1) is 0 Å². The van der Waals surface area contributed by atoms with E-state index in [2.05, 4.69) is 31.1 Å². The van der Waals surface area contributed by atoms with Crippen LogP contribution in [0.5, 0.6) is 0 Å². The van der Waals surface area contributed by atoms with E-state index in [4.69, 9.17) is 23.2 Å². The van der Waals surface area contributed by atoms with E-state index in [0.717, 1.165) is 17.1 Å². The molecule has 4 heteroatoms. The predicted molar refractivity (Wildman–Crippen MR) is 82.7 cm³/mol. The van der Waals surface area contributed by atoms with Gasteiger partial charge in [-0.3, -0.25) is 0 Å². The van der Waals surface area contributed by atoms with Crippen molar-refractivity contribution in [3.8, 4) is 0 Å². The van der Waals surface area contributed by atoms with Crippen molar-refractivity contribution in [2.75, 3.05) is 5.32 Å². The first kappa shape index (κ1) is 14.2. The van der Waals surface area contributed by atoms with Gasteiger partial charge in [0, 0.05) is 11.9 Å². The highest BCUT2D eigenvalue weighted by atomic mass is 35.5. The average Bonchev–Trinajstić information content (AvgIpc) is 2.33. The lowest BCUT2D eigenvalue weighted by atomic mass is 9.86. The van der Waals surface area contributed by atoms with E-state index < -0.39 is 0 Å². The molecule has 1 aromatic heterocycles. The maximum Gasteiger partial charge on any atom is 0.130 e. The molecule has 0 bridgehead atoms. The number of benzene rings is 1. The zero-order valence-corrected chi connectivity index (χ0v) is 12.7. The summed E-state index contributed by atoms with van der Waals surface area (Å²) >= 11 is 12.2. The lowest BCUT2D eigenvalue weighted by Gasteiger charge is -2.24. The molecule has 0 saturated heterocycles. The smallest absolute Gasteiger partial charge is 0.130 e. The lowest BCUT2D eigenvalue weighted by molar-refractivity contribution is 0.592. The van der Waals surface area contributed by atoms with E-state index in [0.29, 0.717) is 10.0 Å². The largest absolute Gasteiger partial charge is 0.340 e. The number of anilines is 2. The highest BCUT2D eigenvalue weighted by Gasteiger charge is 2.20. The van der Waals surface area contributed by atoms with Crippen LogP contribution in [0.25, 0.3) is 0 Å². The van der Waals surface area contributed by atoms with Gasteiger partial charge in [0.15, 0.2) is 0 Å². The topological polar surface area (TPSA) is 24.9 Å². The first-order valence-corrected chi connectivity index (χ1v) is 6.81. The number of hydrogen-bond acceptors (Lipinski definition) is 2. The molecule has 0 aliphatic carbocycles. The molecule has 0 unspecified atom stereocenters. The molecule has 2 rings (SSSR count). The number of nitrogens with zero attached hydrogens (tertiary/aromatic N) is 1. The molecular weight excluding hydrogens is 279 g/mol. The molecule has 0 aliphatic heterocycles. The van der Waals surface area contributed by atoms with E-state index in [1.165, 1.54) is 0 Å². The van der Waals surface area contributed by atoms with Crippen molar-refractivity contribution in [3.63, 3.8) is 0 Å². The highest BCUT2D eigenvalue weighted by Crippen LogP contribution is 2.37. The van der Waals surface area contributed by atoms with Crippen molar-refractivity contribution in [3.05, 3.63) is 52.1 Å². The Labute approximate surface area is 123 Å². The van der Waals surface area contributed by atoms with Crippen LogP contribution >= 0.6 is 23.2 Å². The molecule has 0 aliphatic rings. The van der Waals surface area contributed by atoms with Gasteiger partial charge in [0.25, 0.3) is 0 Å². The lowest BCUT2D eigenvalue weighted by Crippen LogP contribution is -2.14. The number of hydrogen-bond donors (Lipinski definition) is 1. The van der Waals surface area contributed by atoms with E-state index in [-0.39, 0.29) is 5.41 Å². The minimum absolute atomic E-state index is 0.0364. The van der Waals surface area contributed by atoms with Gasteiger partial charge in [0.2, 0.25) is 0 Å². The number of rotatable bonds is 2. The van der Waals surface area contributed by atoms with Crippen molar-refractivity contribution in [1.82, 2.24) is 4.98 Å². The highest BCUT2D eigenvalue weighted by molar-refractivity contribution is 6.42. The normalized spacial score (nSPS) is 11.4. The van der Waals surface area contributed by atoms with Gasteiger partial charge < -0.3 is 5.32 Å². The fraction of sp³-hybridized carbons (Fsp3) is 0.267. The molecule has 100 valence electrons. The molecule has 0 saturated carbocycles. The standard InChI is InChI=1S/C15H16Cl2N2/c1-15(2,3)10-8-11(16)12(17)9-13(10)19-14-6-4-5-7-18-14/h4-9H,1-3H3,(H,18,19). The van der Waals surface area contributed by atoms with Crippen molar-refractivity contribution in [2.24, 2.45) is 0 Å². The predicted octanol–water partition coefficient (Wildman–Crippen LogP) is 5.43. The Balaban J connectivity index is 2.47. The summed E-state index contributed by atoms with van der Waals surface area (Å²) in [6, 6.07) is 9.48. The van der Waals surface area contributed by atoms with Gasteiger partial charge in [-0.25, -0.2) is 4.98 Å². The van der Waals surface area contributed by atoms with Gasteiger partial charge in [-0.2, -0.15) is 0 Å². The Morgan fingerprint density at radius 2 is 1.74 bits per heavy atom. The molecule has 19 heavy (non-hydrogen) atoms. The van der Waals surface area contributed by atoms with Crippen molar-refractivity contribution < 1.29 is 0 Å². The Hall–Kier alpha value is -1.25. The maximum absolute atomic E-state index is 6.12. The van der Waals surface area contributed by atoms with Gasteiger partial charge in [-0.1, -0.05) is 50.0 Å². The zero-order valence-electron chi connectivity index (χ0n) is 11.2. The summed E-state index contributed by atoms with van der Waals surface area (Å²) in [5.41, 5.74) is 2.00. The quantitative estimate of drug-likeness (QED) is 0.799. The zero-order chi connectivity index (χ0) is 14.0. The Kier molecular flexibility index (Phi) is 4.02. The molecule has 0 radical (unpaired) electrons. The number of nitrogens with one attached hydrogen (secondary N) is 1. The molecule has 0 spiro atoms. The first-order valence-electron chi connectivity index (χ1n) is 6.05. The molecule has 1 N–H and O–H groups in total. The number of aromatic nitrogens is 1. The summed E-state index contributed by atoms with van der Waals surface area (Å²) in [4.78, 5) is 4.26. The summed E-state index contributed by atoms with van der Waals surface area (Å²) in [6.07, 6.45) is 1.75. The SMILES string of the molecule is CC(C)(C)c1cc(Cl)c(Cl)cc1Nc1ccccn1. The third-order valence-corrected chi connectivity index (χ3v) is 3.52. The minimum atomic E-state index is -0.0364. The average molecular weight is 295 g/mol. The Morgan fingerprint density at radius 3 is 2.32 bits per heavy atom. The Bertz CT molecular complexity index is 575. The van der Waals surface area contributed by atoms with Gasteiger partial charge in [0.1, 0.15) is 5.82 Å². The number of halogens is 2. The summed E-state index contributed by atoms with van der Waals surface area (Å²) in [6.45, 7) is 6.41. The maximum atomic E-state index is 6.12.